The van der Waals surface area contributed by atoms with Crippen LogP contribution in [0.5, 0.6) is 5.75 Å². The van der Waals surface area contributed by atoms with E-state index in [1.807, 2.05) is 36.4 Å². The molecule has 0 radical (unpaired) electrons. The summed E-state index contributed by atoms with van der Waals surface area (Å²) in [4.78, 5) is 8.54. The molecular weight excluding hydrogens is 376 g/mol. The van der Waals surface area contributed by atoms with E-state index in [4.69, 9.17) is 14.1 Å². The van der Waals surface area contributed by atoms with Crippen molar-refractivity contribution in [1.29, 1.82) is 0 Å². The Morgan fingerprint density at radius 3 is 2.59 bits per heavy atom. The smallest absolute Gasteiger partial charge is 0.123 e. The average Bonchev–Trinajstić information content (AvgIpc) is 3.45. The van der Waals surface area contributed by atoms with Gasteiger partial charge in [0.2, 0.25) is 0 Å². The van der Waals surface area contributed by atoms with Crippen LogP contribution in [0, 0.1) is 0 Å². The number of aromatic nitrogens is 1. The van der Waals surface area contributed by atoms with Crippen LogP contribution < -0.4 is 4.74 Å². The van der Waals surface area contributed by atoms with Gasteiger partial charge in [-0.2, -0.15) is 0 Å². The molecule has 0 unspecified atom stereocenters. The third-order valence-electron chi connectivity index (χ3n) is 4.19. The Morgan fingerprint density at radius 1 is 1.00 bits per heavy atom. The number of thiazole rings is 1. The molecule has 27 heavy (non-hydrogen) atoms. The monoisotopic (exact) mass is 396 g/mol. The zero-order valence-corrected chi connectivity index (χ0v) is 16.6. The number of nitrogens with zero attached hydrogens (tertiary/aromatic N) is 2. The molecule has 0 aliphatic heterocycles. The van der Waals surface area contributed by atoms with E-state index in [0.717, 1.165) is 47.4 Å². The first-order valence-electron chi connectivity index (χ1n) is 8.66. The van der Waals surface area contributed by atoms with Crippen LogP contribution in [0.4, 0.5) is 0 Å². The van der Waals surface area contributed by atoms with Crippen molar-refractivity contribution >= 4 is 22.7 Å². The number of thiophene rings is 1. The summed E-state index contributed by atoms with van der Waals surface area (Å²) in [7, 11) is 1.68. The van der Waals surface area contributed by atoms with Crippen LogP contribution in [0.1, 0.15) is 16.3 Å². The van der Waals surface area contributed by atoms with Crippen molar-refractivity contribution in [1.82, 2.24) is 9.88 Å². The van der Waals surface area contributed by atoms with Crippen LogP contribution in [0.2, 0.25) is 0 Å². The van der Waals surface area contributed by atoms with Crippen LogP contribution in [0.25, 0.3) is 10.6 Å². The predicted molar refractivity (Wildman–Crippen MR) is 110 cm³/mol. The summed E-state index contributed by atoms with van der Waals surface area (Å²) in [5.74, 6) is 1.83. The zero-order valence-electron chi connectivity index (χ0n) is 15.0. The van der Waals surface area contributed by atoms with Gasteiger partial charge < -0.3 is 9.15 Å². The maximum Gasteiger partial charge on any atom is 0.123 e. The highest BCUT2D eigenvalue weighted by molar-refractivity contribution is 7.13. The summed E-state index contributed by atoms with van der Waals surface area (Å²) in [5, 5.41) is 5.29. The fraction of sp³-hybridized carbons (Fsp3) is 0.190. The van der Waals surface area contributed by atoms with Gasteiger partial charge in [0, 0.05) is 28.9 Å². The van der Waals surface area contributed by atoms with Gasteiger partial charge in [-0.25, -0.2) is 4.98 Å². The van der Waals surface area contributed by atoms with Gasteiger partial charge >= 0.3 is 0 Å². The van der Waals surface area contributed by atoms with Crippen LogP contribution in [-0.2, 0) is 19.6 Å². The third kappa shape index (κ3) is 4.66. The van der Waals surface area contributed by atoms with E-state index in [1.54, 1.807) is 36.0 Å². The molecule has 0 saturated heterocycles. The van der Waals surface area contributed by atoms with Crippen molar-refractivity contribution in [2.45, 2.75) is 19.6 Å². The van der Waals surface area contributed by atoms with Crippen molar-refractivity contribution in [3.05, 3.63) is 81.9 Å². The minimum Gasteiger partial charge on any atom is -0.497 e. The highest BCUT2D eigenvalue weighted by atomic mass is 32.1. The van der Waals surface area contributed by atoms with Gasteiger partial charge in [0.15, 0.2) is 0 Å². The quantitative estimate of drug-likeness (QED) is 0.384. The molecule has 138 valence electrons. The highest BCUT2D eigenvalue weighted by Gasteiger charge is 2.13. The summed E-state index contributed by atoms with van der Waals surface area (Å²) in [6.07, 6.45) is 1.73. The van der Waals surface area contributed by atoms with E-state index < -0.39 is 0 Å². The second-order valence-electron chi connectivity index (χ2n) is 6.18. The number of hydrogen-bond acceptors (Lipinski definition) is 6. The lowest BCUT2D eigenvalue weighted by molar-refractivity contribution is 0.226. The van der Waals surface area contributed by atoms with Gasteiger partial charge in [-0.15, -0.1) is 22.7 Å². The van der Waals surface area contributed by atoms with Gasteiger partial charge in [0.05, 0.1) is 25.6 Å². The molecule has 0 spiro atoms. The number of methoxy groups -OCH3 is 1. The maximum atomic E-state index is 5.55. The first kappa shape index (κ1) is 18.0. The zero-order chi connectivity index (χ0) is 18.5. The summed E-state index contributed by atoms with van der Waals surface area (Å²) in [6.45, 7) is 2.43. The van der Waals surface area contributed by atoms with Crippen LogP contribution in [0.15, 0.2) is 70.0 Å². The first-order valence-corrected chi connectivity index (χ1v) is 10.4. The Balaban J connectivity index is 1.49. The Morgan fingerprint density at radius 2 is 1.89 bits per heavy atom. The van der Waals surface area contributed by atoms with E-state index in [9.17, 15) is 0 Å². The molecule has 1 aromatic carbocycles. The fourth-order valence-electron chi connectivity index (χ4n) is 2.89. The van der Waals surface area contributed by atoms with Crippen LogP contribution >= 0.6 is 22.7 Å². The van der Waals surface area contributed by atoms with E-state index in [-0.39, 0.29) is 0 Å². The molecule has 3 heterocycles. The van der Waals surface area contributed by atoms with Gasteiger partial charge in [-0.1, -0.05) is 6.07 Å². The second kappa shape index (κ2) is 8.52. The lowest BCUT2D eigenvalue weighted by Gasteiger charge is -2.19. The summed E-state index contributed by atoms with van der Waals surface area (Å²) in [5.41, 5.74) is 2.19. The Labute approximate surface area is 166 Å². The van der Waals surface area contributed by atoms with Crippen LogP contribution in [0.3, 0.4) is 0 Å². The Bertz CT molecular complexity index is 908. The van der Waals surface area contributed by atoms with Gasteiger partial charge in [0.25, 0.3) is 0 Å². The van der Waals surface area contributed by atoms with Crippen molar-refractivity contribution < 1.29 is 9.15 Å². The first-order chi connectivity index (χ1) is 13.3. The van der Waals surface area contributed by atoms with E-state index >= 15 is 0 Å². The molecule has 3 aromatic heterocycles. The van der Waals surface area contributed by atoms with E-state index in [1.165, 1.54) is 4.88 Å². The summed E-state index contributed by atoms with van der Waals surface area (Å²) >= 11 is 3.45. The molecule has 0 saturated carbocycles. The Hall–Kier alpha value is -2.41. The minimum absolute atomic E-state index is 0.764. The number of hydrogen-bond donors (Lipinski definition) is 0. The molecule has 0 N–H and O–H groups in total. The molecule has 0 amide bonds. The number of rotatable bonds is 8. The predicted octanol–water partition coefficient (Wildman–Crippen LogP) is 5.68. The Kier molecular flexibility index (Phi) is 5.67. The molecule has 0 bridgehead atoms. The molecule has 0 aliphatic carbocycles. The lowest BCUT2D eigenvalue weighted by Crippen LogP contribution is -2.21. The molecule has 6 heteroatoms. The number of furan rings is 1. The second-order valence-corrected chi connectivity index (χ2v) is 8.07. The minimum atomic E-state index is 0.764. The topological polar surface area (TPSA) is 38.5 Å². The third-order valence-corrected chi connectivity index (χ3v) is 5.99. The van der Waals surface area contributed by atoms with Crippen LogP contribution in [-0.4, -0.2) is 17.0 Å². The SMILES string of the molecule is COc1ccc(-c2nc(CN(Cc3ccco3)Cc3cccs3)cs2)cc1. The van der Waals surface area contributed by atoms with Crippen molar-refractivity contribution in [2.75, 3.05) is 7.11 Å². The fourth-order valence-corrected chi connectivity index (χ4v) is 4.45. The molecular formula is C21H20N2O2S2. The molecule has 4 nitrogen and oxygen atoms in total. The standard InChI is InChI=1S/C21H20N2O2S2/c1-24-18-8-6-16(7-9-18)21-22-17(15-27-21)12-23(13-19-4-2-10-25-19)14-20-5-3-11-26-20/h2-11,15H,12-14H2,1H3. The average molecular weight is 397 g/mol. The molecule has 0 atom stereocenters. The molecule has 0 fully saturated rings. The number of benzene rings is 1. The maximum absolute atomic E-state index is 5.55. The van der Waals surface area contributed by atoms with Gasteiger partial charge in [0.1, 0.15) is 16.5 Å². The van der Waals surface area contributed by atoms with E-state index in [0.29, 0.717) is 0 Å². The van der Waals surface area contributed by atoms with Crippen molar-refractivity contribution in [3.8, 4) is 16.3 Å². The summed E-state index contributed by atoms with van der Waals surface area (Å²) in [6, 6.07) is 16.3. The lowest BCUT2D eigenvalue weighted by atomic mass is 10.2. The van der Waals surface area contributed by atoms with Crippen molar-refractivity contribution in [2.24, 2.45) is 0 Å². The number of ether oxygens (including phenoxy) is 1. The van der Waals surface area contributed by atoms with Gasteiger partial charge in [-0.3, -0.25) is 4.90 Å². The summed E-state index contributed by atoms with van der Waals surface area (Å²) < 4.78 is 10.8. The molecule has 4 aromatic rings. The molecule has 0 aliphatic rings. The largest absolute Gasteiger partial charge is 0.497 e. The van der Waals surface area contributed by atoms with Crippen molar-refractivity contribution in [3.63, 3.8) is 0 Å². The normalized spacial score (nSPS) is 11.2. The highest BCUT2D eigenvalue weighted by Crippen LogP contribution is 2.27. The van der Waals surface area contributed by atoms with E-state index in [2.05, 4.69) is 27.8 Å². The molecule has 4 rings (SSSR count). The van der Waals surface area contributed by atoms with Gasteiger partial charge in [-0.05, 0) is 47.8 Å².